The van der Waals surface area contributed by atoms with Crippen LogP contribution in [0, 0.1) is 5.92 Å². The van der Waals surface area contributed by atoms with Gasteiger partial charge in [0.2, 0.25) is 5.91 Å². The highest BCUT2D eigenvalue weighted by molar-refractivity contribution is 5.95. The molecule has 2 N–H and O–H groups in total. The molecule has 2 aromatic rings. The van der Waals surface area contributed by atoms with Gasteiger partial charge in [-0.05, 0) is 62.1 Å². The Balaban J connectivity index is 1.35. The van der Waals surface area contributed by atoms with Crippen LogP contribution in [0.2, 0.25) is 0 Å². The molecule has 0 bridgehead atoms. The molecule has 3 amide bonds. The van der Waals surface area contributed by atoms with Crippen LogP contribution >= 0.6 is 0 Å². The molecule has 0 unspecified atom stereocenters. The van der Waals surface area contributed by atoms with Crippen molar-refractivity contribution >= 4 is 17.7 Å². The second-order valence-electron chi connectivity index (χ2n) is 9.16. The number of hydrogen-bond donors (Lipinski definition) is 2. The van der Waals surface area contributed by atoms with Crippen LogP contribution < -0.4 is 15.4 Å². The van der Waals surface area contributed by atoms with Crippen LogP contribution in [0.15, 0.2) is 54.6 Å². The first-order valence-corrected chi connectivity index (χ1v) is 12.1. The Morgan fingerprint density at radius 2 is 1.50 bits per heavy atom. The van der Waals surface area contributed by atoms with Crippen molar-refractivity contribution in [3.05, 3.63) is 65.7 Å². The van der Waals surface area contributed by atoms with Gasteiger partial charge in [-0.3, -0.25) is 14.4 Å². The minimum atomic E-state index is -0.235. The number of rotatable bonds is 6. The van der Waals surface area contributed by atoms with E-state index in [1.807, 2.05) is 30.3 Å². The molecule has 1 aliphatic carbocycles. The molecule has 2 aromatic carbocycles. The van der Waals surface area contributed by atoms with Gasteiger partial charge in [-0.2, -0.15) is 0 Å². The number of nitrogens with one attached hydrogen (secondary N) is 2. The van der Waals surface area contributed by atoms with E-state index in [1.54, 1.807) is 36.3 Å². The third-order valence-electron chi connectivity index (χ3n) is 6.86. The molecule has 1 heterocycles. The van der Waals surface area contributed by atoms with Crippen LogP contribution in [-0.2, 0) is 4.79 Å². The smallest absolute Gasteiger partial charge is 0.253 e. The topological polar surface area (TPSA) is 87.7 Å². The fraction of sp³-hybridized carbons (Fsp3) is 0.444. The average molecular weight is 464 g/mol. The molecule has 4 rings (SSSR count). The maximum absolute atomic E-state index is 13.2. The van der Waals surface area contributed by atoms with Crippen molar-refractivity contribution in [1.82, 2.24) is 15.5 Å². The number of likely N-dealkylation sites (tertiary alicyclic amines) is 1. The van der Waals surface area contributed by atoms with Crippen LogP contribution in [0.25, 0.3) is 0 Å². The lowest BCUT2D eigenvalue weighted by atomic mass is 9.88. The summed E-state index contributed by atoms with van der Waals surface area (Å²) in [5.41, 5.74) is 1.22. The van der Waals surface area contributed by atoms with Crippen molar-refractivity contribution in [3.63, 3.8) is 0 Å². The maximum atomic E-state index is 13.2. The lowest BCUT2D eigenvalue weighted by Crippen LogP contribution is -2.55. The number of carbonyl (C=O) groups excluding carboxylic acids is 3. The summed E-state index contributed by atoms with van der Waals surface area (Å²) in [6, 6.07) is 16.0. The molecule has 34 heavy (non-hydrogen) atoms. The fourth-order valence-corrected chi connectivity index (χ4v) is 4.91. The summed E-state index contributed by atoms with van der Waals surface area (Å²) in [4.78, 5) is 40.6. The number of benzene rings is 2. The molecule has 180 valence electrons. The highest BCUT2D eigenvalue weighted by atomic mass is 16.5. The van der Waals surface area contributed by atoms with Crippen molar-refractivity contribution < 1.29 is 19.1 Å². The predicted molar refractivity (Wildman–Crippen MR) is 130 cm³/mol. The molecule has 7 heteroatoms. The SMILES string of the molecule is COc1ccc(C(=O)N[C@@H]2CCCC[C@H]2NC(=O)[C@H]2CCCN(C(=O)c3ccccc3)C2)cc1. The van der Waals surface area contributed by atoms with Crippen LogP contribution in [0.1, 0.15) is 59.2 Å². The summed E-state index contributed by atoms with van der Waals surface area (Å²) in [6.45, 7) is 1.09. The first-order chi connectivity index (χ1) is 16.5. The van der Waals surface area contributed by atoms with Gasteiger partial charge in [0.05, 0.1) is 13.0 Å². The fourth-order valence-electron chi connectivity index (χ4n) is 4.91. The largest absolute Gasteiger partial charge is 0.497 e. The van der Waals surface area contributed by atoms with Crippen molar-refractivity contribution in [1.29, 1.82) is 0 Å². The molecule has 0 radical (unpaired) electrons. The van der Waals surface area contributed by atoms with Gasteiger partial charge in [0.25, 0.3) is 11.8 Å². The van der Waals surface area contributed by atoms with E-state index >= 15 is 0 Å². The van der Waals surface area contributed by atoms with Crippen LogP contribution in [-0.4, -0.2) is 54.9 Å². The highest BCUT2D eigenvalue weighted by Gasteiger charge is 2.33. The number of carbonyl (C=O) groups is 3. The minimum absolute atomic E-state index is 0.0267. The minimum Gasteiger partial charge on any atom is -0.497 e. The molecule has 0 aromatic heterocycles. The Labute approximate surface area is 200 Å². The number of nitrogens with zero attached hydrogens (tertiary/aromatic N) is 1. The molecule has 0 spiro atoms. The van der Waals surface area contributed by atoms with Gasteiger partial charge in [-0.15, -0.1) is 0 Å². The summed E-state index contributed by atoms with van der Waals surface area (Å²) >= 11 is 0. The Hall–Kier alpha value is -3.35. The molecule has 2 fully saturated rings. The second-order valence-corrected chi connectivity index (χ2v) is 9.16. The predicted octanol–water partition coefficient (Wildman–Crippen LogP) is 3.40. The summed E-state index contributed by atoms with van der Waals surface area (Å²) in [7, 11) is 1.59. The monoisotopic (exact) mass is 463 g/mol. The maximum Gasteiger partial charge on any atom is 0.253 e. The van der Waals surface area contributed by atoms with Crippen molar-refractivity contribution in [3.8, 4) is 5.75 Å². The summed E-state index contributed by atoms with van der Waals surface area (Å²) in [6.07, 6.45) is 5.26. The van der Waals surface area contributed by atoms with E-state index in [4.69, 9.17) is 4.74 Å². The van der Waals surface area contributed by atoms with E-state index in [2.05, 4.69) is 10.6 Å². The van der Waals surface area contributed by atoms with Crippen LogP contribution in [0.5, 0.6) is 5.75 Å². The van der Waals surface area contributed by atoms with E-state index in [0.29, 0.717) is 30.0 Å². The van der Waals surface area contributed by atoms with Gasteiger partial charge in [0, 0.05) is 36.3 Å². The van der Waals surface area contributed by atoms with Gasteiger partial charge in [-0.25, -0.2) is 0 Å². The van der Waals surface area contributed by atoms with Crippen molar-refractivity contribution in [2.24, 2.45) is 5.92 Å². The Bertz CT molecular complexity index is 993. The molecular weight excluding hydrogens is 430 g/mol. The van der Waals surface area contributed by atoms with Gasteiger partial charge < -0.3 is 20.3 Å². The third-order valence-corrected chi connectivity index (χ3v) is 6.86. The number of hydrogen-bond acceptors (Lipinski definition) is 4. The van der Waals surface area contributed by atoms with Crippen LogP contribution in [0.3, 0.4) is 0 Å². The summed E-state index contributed by atoms with van der Waals surface area (Å²) in [5.74, 6) is 0.264. The van der Waals surface area contributed by atoms with Crippen LogP contribution in [0.4, 0.5) is 0 Å². The van der Waals surface area contributed by atoms with Crippen molar-refractivity contribution in [2.45, 2.75) is 50.6 Å². The first-order valence-electron chi connectivity index (χ1n) is 12.1. The van der Waals surface area contributed by atoms with E-state index in [1.165, 1.54) is 0 Å². The van der Waals surface area contributed by atoms with E-state index < -0.39 is 0 Å². The molecule has 1 aliphatic heterocycles. The molecule has 7 nitrogen and oxygen atoms in total. The number of amides is 3. The summed E-state index contributed by atoms with van der Waals surface area (Å²) < 4.78 is 5.16. The quantitative estimate of drug-likeness (QED) is 0.687. The number of methoxy groups -OCH3 is 1. The normalized spacial score (nSPS) is 22.5. The lowest BCUT2D eigenvalue weighted by Gasteiger charge is -2.36. The number of piperidine rings is 1. The third kappa shape index (κ3) is 5.76. The lowest BCUT2D eigenvalue weighted by molar-refractivity contribution is -0.127. The Kier molecular flexibility index (Phi) is 7.83. The summed E-state index contributed by atoms with van der Waals surface area (Å²) in [5, 5.41) is 6.32. The zero-order chi connectivity index (χ0) is 23.9. The second kappa shape index (κ2) is 11.2. The van der Waals surface area contributed by atoms with Gasteiger partial charge in [0.15, 0.2) is 0 Å². The van der Waals surface area contributed by atoms with E-state index in [0.717, 1.165) is 38.5 Å². The molecule has 3 atom stereocenters. The first kappa shape index (κ1) is 23.8. The molecule has 2 aliphatic rings. The van der Waals surface area contributed by atoms with E-state index in [9.17, 15) is 14.4 Å². The molecule has 1 saturated heterocycles. The Morgan fingerprint density at radius 3 is 2.18 bits per heavy atom. The molecule has 1 saturated carbocycles. The molecular formula is C27H33N3O4. The van der Waals surface area contributed by atoms with Gasteiger partial charge in [-0.1, -0.05) is 31.0 Å². The van der Waals surface area contributed by atoms with E-state index in [-0.39, 0.29) is 35.7 Å². The Morgan fingerprint density at radius 1 is 0.824 bits per heavy atom. The number of ether oxygens (including phenoxy) is 1. The van der Waals surface area contributed by atoms with Gasteiger partial charge in [0.1, 0.15) is 5.75 Å². The average Bonchev–Trinajstić information content (AvgIpc) is 2.90. The highest BCUT2D eigenvalue weighted by Crippen LogP contribution is 2.23. The van der Waals surface area contributed by atoms with Crippen molar-refractivity contribution in [2.75, 3.05) is 20.2 Å². The zero-order valence-electron chi connectivity index (χ0n) is 19.7. The standard InChI is InChI=1S/C27H33N3O4/c1-34-22-15-13-19(14-16-22)25(31)28-23-11-5-6-12-24(23)29-26(32)21-10-7-17-30(18-21)27(33)20-8-3-2-4-9-20/h2-4,8-9,13-16,21,23-24H,5-7,10-12,17-18H2,1H3,(H,28,31)(H,29,32)/t21-,23+,24+/m0/s1. The zero-order valence-corrected chi connectivity index (χ0v) is 19.7. The van der Waals surface area contributed by atoms with Gasteiger partial charge >= 0.3 is 0 Å².